The van der Waals surface area contributed by atoms with Crippen LogP contribution in [0, 0.1) is 16.0 Å². The number of nitrogens with one attached hydrogen (secondary N) is 1. The van der Waals surface area contributed by atoms with Crippen LogP contribution in [0.25, 0.3) is 0 Å². The molecule has 0 unspecified atom stereocenters. The van der Waals surface area contributed by atoms with Gasteiger partial charge in [0.1, 0.15) is 18.3 Å². The molecule has 3 amide bonds. The minimum Gasteiger partial charge on any atom is -0.432 e. The molecular weight excluding hydrogens is 761 g/mol. The molecule has 1 spiro atoms. The smallest absolute Gasteiger partial charge is 0.269 e. The van der Waals surface area contributed by atoms with E-state index in [1.165, 1.54) is 29.2 Å². The summed E-state index contributed by atoms with van der Waals surface area (Å²) in [6, 6.07) is 17.5. The van der Waals surface area contributed by atoms with Gasteiger partial charge in [0.05, 0.1) is 42.3 Å². The molecule has 7 rings (SSSR count). The summed E-state index contributed by atoms with van der Waals surface area (Å²) in [4.78, 5) is 68.4. The molecular formula is C39H46N4O13Si. The summed E-state index contributed by atoms with van der Waals surface area (Å²) in [6.07, 6.45) is -9.88. The van der Waals surface area contributed by atoms with Crippen molar-refractivity contribution in [3.8, 4) is 0 Å². The third-order valence-electron chi connectivity index (χ3n) is 11.8. The molecule has 4 heterocycles. The van der Waals surface area contributed by atoms with Gasteiger partial charge in [-0.25, -0.2) is 0 Å². The van der Waals surface area contributed by atoms with E-state index in [1.807, 2.05) is 24.3 Å². The number of ether oxygens (including phenoxy) is 2. The van der Waals surface area contributed by atoms with Crippen molar-refractivity contribution >= 4 is 43.1 Å². The lowest BCUT2D eigenvalue weighted by Crippen LogP contribution is -2.60. The average Bonchev–Trinajstić information content (AvgIpc) is 3.60. The number of aliphatic hydroxyl groups is 5. The Labute approximate surface area is 328 Å². The molecule has 3 aromatic carbocycles. The summed E-state index contributed by atoms with van der Waals surface area (Å²) < 4.78 is 11.8. The number of rotatable bonds is 9. The highest BCUT2D eigenvalue weighted by Crippen LogP contribution is 2.60. The van der Waals surface area contributed by atoms with Crippen molar-refractivity contribution in [3.05, 3.63) is 99.1 Å². The van der Waals surface area contributed by atoms with Gasteiger partial charge in [-0.15, -0.1) is 0 Å². The third-order valence-corrected chi connectivity index (χ3v) is 14.3. The Morgan fingerprint density at radius 3 is 2.40 bits per heavy atom. The number of carbonyl (C=O) groups is 3. The van der Waals surface area contributed by atoms with Crippen molar-refractivity contribution in [2.45, 2.75) is 99.9 Å². The molecule has 0 saturated carbocycles. The van der Waals surface area contributed by atoms with Gasteiger partial charge in [0.15, 0.2) is 26.3 Å². The first-order valence-corrected chi connectivity index (χ1v) is 21.7. The third kappa shape index (κ3) is 7.14. The maximum atomic E-state index is 15.0. The standard InChI is InChI=1S/C39H46N4O13Si/c1-20-35(57(2,3)54)29(16-30(45)41-18-23-9-5-4-8-22(23)14-26(41)19-44)56-39(20)27-15-25(43(52)53)11-12-28(27)42(38(39)51)17-21-7-6-10-24(13-21)40-36(49)34-32(47)31(46)33(48)37(50)55-34/h4-13,15,20,26,29,31-35,37,44,46-48,50,54H,14,16-19H2,1-3H3,(H,40,49)/t20-,26+,29+,31+,32+,33-,34+,35-,37-,39+/m1/s1. The number of carbonyl (C=O) groups excluding carboxylic acids is 3. The van der Waals surface area contributed by atoms with Crippen molar-refractivity contribution in [2.75, 3.05) is 16.8 Å². The molecule has 0 aromatic heterocycles. The van der Waals surface area contributed by atoms with E-state index in [2.05, 4.69) is 5.32 Å². The zero-order chi connectivity index (χ0) is 41.1. The largest absolute Gasteiger partial charge is 0.432 e. The van der Waals surface area contributed by atoms with E-state index in [0.29, 0.717) is 17.7 Å². The molecule has 10 atom stereocenters. The highest BCUT2D eigenvalue weighted by Gasteiger charge is 2.67. The van der Waals surface area contributed by atoms with E-state index in [0.717, 1.165) is 11.1 Å². The van der Waals surface area contributed by atoms with Gasteiger partial charge in [0.2, 0.25) is 5.91 Å². The number of hydrogen-bond donors (Lipinski definition) is 7. The SMILES string of the molecule is C[C@@H]1[C@@H]([Si](C)(C)O)[C@H](CC(=O)N2Cc3ccccc3C[C@H]2CO)O[C@@]12C(=O)N(Cc1cccc(NC(=O)[C@H]3O[C@@H](O)[C@H](O)[C@@H](O)[C@@H]3O)c1)c1ccc([N+](=O)[O-])cc12. The van der Waals surface area contributed by atoms with Crippen LogP contribution >= 0.6 is 0 Å². The van der Waals surface area contributed by atoms with E-state index in [9.17, 15) is 54.8 Å². The molecule has 57 heavy (non-hydrogen) atoms. The molecule has 2 fully saturated rings. The van der Waals surface area contributed by atoms with Crippen LogP contribution in [0.1, 0.15) is 35.6 Å². The number of nitro benzene ring substituents is 1. The number of amides is 3. The van der Waals surface area contributed by atoms with E-state index >= 15 is 0 Å². The molecule has 17 nitrogen and oxygen atoms in total. The molecule has 0 bridgehead atoms. The minimum absolute atomic E-state index is 0.100. The van der Waals surface area contributed by atoms with E-state index < -0.39 is 85.0 Å². The maximum Gasteiger partial charge on any atom is 0.269 e. The topological polar surface area (TPSA) is 253 Å². The van der Waals surface area contributed by atoms with Crippen LogP contribution in [-0.2, 0) is 49.0 Å². The number of fused-ring (bicyclic) bond motifs is 3. The van der Waals surface area contributed by atoms with Gasteiger partial charge >= 0.3 is 0 Å². The van der Waals surface area contributed by atoms with Crippen LogP contribution in [0.3, 0.4) is 0 Å². The monoisotopic (exact) mass is 806 g/mol. The lowest BCUT2D eigenvalue weighted by molar-refractivity contribution is -0.385. The van der Waals surface area contributed by atoms with Crippen LogP contribution in [0.4, 0.5) is 17.1 Å². The van der Waals surface area contributed by atoms with Crippen molar-refractivity contribution in [3.63, 3.8) is 0 Å². The minimum atomic E-state index is -3.24. The normalized spacial score (nSPS) is 31.0. The highest BCUT2D eigenvalue weighted by molar-refractivity contribution is 6.71. The zero-order valence-electron chi connectivity index (χ0n) is 31.5. The maximum absolute atomic E-state index is 15.0. The zero-order valence-corrected chi connectivity index (χ0v) is 32.5. The molecule has 304 valence electrons. The molecule has 7 N–H and O–H groups in total. The Balaban J connectivity index is 1.19. The summed E-state index contributed by atoms with van der Waals surface area (Å²) in [5.74, 6) is -2.55. The molecule has 0 aliphatic carbocycles. The average molecular weight is 807 g/mol. The van der Waals surface area contributed by atoms with Crippen molar-refractivity contribution < 1.29 is 59.1 Å². The van der Waals surface area contributed by atoms with Gasteiger partial charge < -0.3 is 54.9 Å². The number of hydrogen-bond acceptors (Lipinski definition) is 13. The Hall–Kier alpha value is -4.63. The molecule has 3 aromatic rings. The fourth-order valence-electron chi connectivity index (χ4n) is 9.09. The molecule has 18 heteroatoms. The number of non-ortho nitro benzene ring substituents is 1. The second-order valence-electron chi connectivity index (χ2n) is 15.9. The first-order chi connectivity index (χ1) is 27.0. The second-order valence-corrected chi connectivity index (χ2v) is 19.8. The van der Waals surface area contributed by atoms with E-state index in [-0.39, 0.29) is 49.0 Å². The number of anilines is 2. The first-order valence-electron chi connectivity index (χ1n) is 18.7. The lowest BCUT2D eigenvalue weighted by atomic mass is 9.82. The predicted octanol–water partition coefficient (Wildman–Crippen LogP) is 1.01. The van der Waals surface area contributed by atoms with E-state index in [4.69, 9.17) is 9.47 Å². The van der Waals surface area contributed by atoms with Gasteiger partial charge in [0, 0.05) is 41.4 Å². The number of nitro groups is 1. The summed E-state index contributed by atoms with van der Waals surface area (Å²) in [6.45, 7) is 5.06. The van der Waals surface area contributed by atoms with Gasteiger partial charge in [-0.1, -0.05) is 43.3 Å². The predicted molar refractivity (Wildman–Crippen MR) is 204 cm³/mol. The Bertz CT molecular complexity index is 2080. The van der Waals surface area contributed by atoms with Gasteiger partial charge in [-0.2, -0.15) is 0 Å². The lowest BCUT2D eigenvalue weighted by Gasteiger charge is -2.37. The van der Waals surface area contributed by atoms with E-state index in [1.54, 1.807) is 43.1 Å². The fraction of sp³-hybridized carbons (Fsp3) is 0.462. The number of benzene rings is 3. The molecule has 2 saturated heterocycles. The summed E-state index contributed by atoms with van der Waals surface area (Å²) in [5.41, 5.74) is 0.451. The van der Waals surface area contributed by atoms with Gasteiger partial charge in [-0.3, -0.25) is 24.5 Å². The van der Waals surface area contributed by atoms with Gasteiger partial charge in [0.25, 0.3) is 17.5 Å². The number of nitrogens with zero attached hydrogens (tertiary/aromatic N) is 3. The summed E-state index contributed by atoms with van der Waals surface area (Å²) in [5, 5.41) is 65.0. The quantitative estimate of drug-likeness (QED) is 0.0907. The molecule has 4 aliphatic rings. The van der Waals surface area contributed by atoms with Gasteiger partial charge in [-0.05, 0) is 54.4 Å². The summed E-state index contributed by atoms with van der Waals surface area (Å²) in [7, 11) is -3.24. The van der Waals surface area contributed by atoms with Crippen LogP contribution in [0.2, 0.25) is 18.6 Å². The van der Waals surface area contributed by atoms with Crippen LogP contribution < -0.4 is 10.2 Å². The van der Waals surface area contributed by atoms with Crippen molar-refractivity contribution in [1.82, 2.24) is 4.90 Å². The van der Waals surface area contributed by atoms with Crippen molar-refractivity contribution in [2.24, 2.45) is 5.92 Å². The Morgan fingerprint density at radius 1 is 1.00 bits per heavy atom. The summed E-state index contributed by atoms with van der Waals surface area (Å²) >= 11 is 0. The van der Waals surface area contributed by atoms with Crippen molar-refractivity contribution in [1.29, 1.82) is 0 Å². The first kappa shape index (κ1) is 40.6. The van der Waals surface area contributed by atoms with Crippen LogP contribution in [0.15, 0.2) is 66.7 Å². The highest BCUT2D eigenvalue weighted by atomic mass is 28.4. The van der Waals surface area contributed by atoms with Crippen LogP contribution in [-0.4, -0.2) is 116 Å². The van der Waals surface area contributed by atoms with Crippen LogP contribution in [0.5, 0.6) is 0 Å². The Kier molecular flexibility index (Phi) is 10.9. The fourth-order valence-corrected chi connectivity index (χ4v) is 11.6. The Morgan fingerprint density at radius 2 is 1.72 bits per heavy atom. The molecule has 0 radical (unpaired) electrons. The molecule has 4 aliphatic heterocycles. The number of aliphatic hydroxyl groups excluding tert-OH is 5. The second kappa shape index (κ2) is 15.3.